The Kier molecular flexibility index (Phi) is 7.01. The molecule has 138 valence electrons. The largest absolute Gasteiger partial charge is 0.481 e. The molecule has 0 bridgehead atoms. The van der Waals surface area contributed by atoms with Gasteiger partial charge >= 0.3 is 12.0 Å². The van der Waals surface area contributed by atoms with Gasteiger partial charge in [-0.05, 0) is 37.1 Å². The number of amides is 2. The minimum Gasteiger partial charge on any atom is -0.481 e. The van der Waals surface area contributed by atoms with Crippen molar-refractivity contribution < 1.29 is 19.1 Å². The first-order chi connectivity index (χ1) is 11.8. The molecule has 1 heterocycles. The SMILES string of the molecule is CN(CCC(=O)O)C(=O)NC1CCCN(Cc2ccc(F)cc2Cl)C1. The van der Waals surface area contributed by atoms with E-state index >= 15 is 0 Å². The molecule has 0 aromatic heterocycles. The molecule has 0 radical (unpaired) electrons. The molecule has 2 amide bonds. The van der Waals surface area contributed by atoms with E-state index in [1.165, 1.54) is 17.0 Å². The molecule has 1 aliphatic rings. The van der Waals surface area contributed by atoms with Crippen molar-refractivity contribution in [1.29, 1.82) is 0 Å². The number of piperidine rings is 1. The van der Waals surface area contributed by atoms with E-state index in [1.54, 1.807) is 13.1 Å². The summed E-state index contributed by atoms with van der Waals surface area (Å²) in [5.74, 6) is -1.29. The second-order valence-corrected chi connectivity index (χ2v) is 6.73. The summed E-state index contributed by atoms with van der Waals surface area (Å²) in [6.45, 7) is 2.32. The molecular formula is C17H23ClFN3O3. The Morgan fingerprint density at radius 2 is 2.24 bits per heavy atom. The van der Waals surface area contributed by atoms with Gasteiger partial charge in [0.1, 0.15) is 5.82 Å². The molecule has 1 saturated heterocycles. The Labute approximate surface area is 151 Å². The van der Waals surface area contributed by atoms with E-state index in [0.29, 0.717) is 18.1 Å². The van der Waals surface area contributed by atoms with Crippen LogP contribution in [0.5, 0.6) is 0 Å². The molecule has 0 spiro atoms. The van der Waals surface area contributed by atoms with Gasteiger partial charge in [-0.15, -0.1) is 0 Å². The van der Waals surface area contributed by atoms with Crippen LogP contribution in [0.15, 0.2) is 18.2 Å². The van der Waals surface area contributed by atoms with Gasteiger partial charge in [0.25, 0.3) is 0 Å². The van der Waals surface area contributed by atoms with Crippen LogP contribution >= 0.6 is 11.6 Å². The molecule has 2 N–H and O–H groups in total. The Bertz CT molecular complexity index is 629. The van der Waals surface area contributed by atoms with E-state index in [2.05, 4.69) is 10.2 Å². The molecule has 1 unspecified atom stereocenters. The van der Waals surface area contributed by atoms with Gasteiger partial charge in [-0.25, -0.2) is 9.18 Å². The van der Waals surface area contributed by atoms with Gasteiger partial charge in [-0.1, -0.05) is 17.7 Å². The fourth-order valence-electron chi connectivity index (χ4n) is 2.86. The van der Waals surface area contributed by atoms with Crippen molar-refractivity contribution >= 4 is 23.6 Å². The highest BCUT2D eigenvalue weighted by Crippen LogP contribution is 2.21. The summed E-state index contributed by atoms with van der Waals surface area (Å²) < 4.78 is 13.1. The van der Waals surface area contributed by atoms with E-state index in [0.717, 1.165) is 24.9 Å². The maximum Gasteiger partial charge on any atom is 0.317 e. The second kappa shape index (κ2) is 9.01. The van der Waals surface area contributed by atoms with Gasteiger partial charge < -0.3 is 15.3 Å². The molecule has 0 saturated carbocycles. The van der Waals surface area contributed by atoms with Gasteiger partial charge in [0.2, 0.25) is 0 Å². The van der Waals surface area contributed by atoms with Gasteiger partial charge in [0.05, 0.1) is 6.42 Å². The van der Waals surface area contributed by atoms with Gasteiger partial charge in [-0.3, -0.25) is 9.69 Å². The lowest BCUT2D eigenvalue weighted by Crippen LogP contribution is -2.50. The van der Waals surface area contributed by atoms with Crippen molar-refractivity contribution in [2.75, 3.05) is 26.7 Å². The van der Waals surface area contributed by atoms with Gasteiger partial charge in [0, 0.05) is 37.7 Å². The number of urea groups is 1. The van der Waals surface area contributed by atoms with Crippen LogP contribution in [-0.2, 0) is 11.3 Å². The van der Waals surface area contributed by atoms with Crippen LogP contribution in [0.3, 0.4) is 0 Å². The number of carbonyl (C=O) groups excluding carboxylic acids is 1. The van der Waals surface area contributed by atoms with Crippen molar-refractivity contribution in [2.45, 2.75) is 31.8 Å². The first kappa shape index (κ1) is 19.5. The maximum atomic E-state index is 13.1. The Balaban J connectivity index is 1.85. The van der Waals surface area contributed by atoms with E-state index in [1.807, 2.05) is 0 Å². The third kappa shape index (κ3) is 6.17. The van der Waals surface area contributed by atoms with E-state index in [4.69, 9.17) is 16.7 Å². The number of carboxylic acids is 1. The summed E-state index contributed by atoms with van der Waals surface area (Å²) >= 11 is 6.08. The molecule has 1 aromatic carbocycles. The third-order valence-electron chi connectivity index (χ3n) is 4.25. The minimum atomic E-state index is -0.931. The highest BCUT2D eigenvalue weighted by molar-refractivity contribution is 6.31. The summed E-state index contributed by atoms with van der Waals surface area (Å²) in [5.41, 5.74) is 0.855. The van der Waals surface area contributed by atoms with Crippen LogP contribution in [0.1, 0.15) is 24.8 Å². The minimum absolute atomic E-state index is 0.00671. The third-order valence-corrected chi connectivity index (χ3v) is 4.60. The van der Waals surface area contributed by atoms with Gasteiger partial charge in [-0.2, -0.15) is 0 Å². The lowest BCUT2D eigenvalue weighted by atomic mass is 10.0. The molecular weight excluding hydrogens is 349 g/mol. The van der Waals surface area contributed by atoms with Crippen molar-refractivity contribution in [3.8, 4) is 0 Å². The van der Waals surface area contributed by atoms with E-state index < -0.39 is 5.97 Å². The van der Waals surface area contributed by atoms with Crippen LogP contribution in [0.2, 0.25) is 5.02 Å². The molecule has 2 rings (SSSR count). The van der Waals surface area contributed by atoms with Crippen LogP contribution in [0, 0.1) is 5.82 Å². The number of aliphatic carboxylic acids is 1. The number of rotatable bonds is 6. The molecule has 1 aromatic rings. The zero-order valence-corrected chi connectivity index (χ0v) is 14.9. The highest BCUT2D eigenvalue weighted by Gasteiger charge is 2.23. The zero-order chi connectivity index (χ0) is 18.4. The van der Waals surface area contributed by atoms with Gasteiger partial charge in [0.15, 0.2) is 0 Å². The van der Waals surface area contributed by atoms with Crippen LogP contribution < -0.4 is 5.32 Å². The van der Waals surface area contributed by atoms with Crippen LogP contribution in [0.4, 0.5) is 9.18 Å². The first-order valence-corrected chi connectivity index (χ1v) is 8.62. The highest BCUT2D eigenvalue weighted by atomic mass is 35.5. The molecule has 25 heavy (non-hydrogen) atoms. The number of carboxylic acid groups (broad SMARTS) is 1. The summed E-state index contributed by atoms with van der Waals surface area (Å²) in [4.78, 5) is 26.3. The number of nitrogens with zero attached hydrogens (tertiary/aromatic N) is 2. The fourth-order valence-corrected chi connectivity index (χ4v) is 3.08. The lowest BCUT2D eigenvalue weighted by Gasteiger charge is -2.34. The molecule has 1 fully saturated rings. The van der Waals surface area contributed by atoms with Crippen LogP contribution in [0.25, 0.3) is 0 Å². The maximum absolute atomic E-state index is 13.1. The summed E-state index contributed by atoms with van der Waals surface area (Å²) in [6, 6.07) is 4.10. The second-order valence-electron chi connectivity index (χ2n) is 6.32. The molecule has 1 atom stereocenters. The summed E-state index contributed by atoms with van der Waals surface area (Å²) in [7, 11) is 1.58. The normalized spacial score (nSPS) is 18.0. The van der Waals surface area contributed by atoms with Crippen LogP contribution in [-0.4, -0.2) is 59.6 Å². The van der Waals surface area contributed by atoms with E-state index in [9.17, 15) is 14.0 Å². The Morgan fingerprint density at radius 3 is 2.92 bits per heavy atom. The molecule has 6 nitrogen and oxygen atoms in total. The average Bonchev–Trinajstić information content (AvgIpc) is 2.55. The van der Waals surface area contributed by atoms with E-state index in [-0.39, 0.29) is 30.9 Å². The number of nitrogens with one attached hydrogen (secondary N) is 1. The lowest BCUT2D eigenvalue weighted by molar-refractivity contribution is -0.137. The standard InChI is InChI=1S/C17H23ClFN3O3/c1-21(8-6-16(23)24)17(25)20-14-3-2-7-22(11-14)10-12-4-5-13(19)9-15(12)18/h4-5,9,14H,2-3,6-8,10-11H2,1H3,(H,20,25)(H,23,24). The van der Waals surface area contributed by atoms with Crippen molar-refractivity contribution in [3.05, 3.63) is 34.6 Å². The zero-order valence-electron chi connectivity index (χ0n) is 14.2. The number of benzene rings is 1. The molecule has 8 heteroatoms. The number of hydrogen-bond donors (Lipinski definition) is 2. The quantitative estimate of drug-likeness (QED) is 0.806. The predicted octanol–water partition coefficient (Wildman–Crippen LogP) is 2.56. The average molecular weight is 372 g/mol. The molecule has 1 aliphatic heterocycles. The summed E-state index contributed by atoms with van der Waals surface area (Å²) in [6.07, 6.45) is 1.72. The Morgan fingerprint density at radius 1 is 1.48 bits per heavy atom. The predicted molar refractivity (Wildman–Crippen MR) is 93.1 cm³/mol. The Hall–Kier alpha value is -1.86. The monoisotopic (exact) mass is 371 g/mol. The van der Waals surface area contributed by atoms with Crippen molar-refractivity contribution in [3.63, 3.8) is 0 Å². The number of likely N-dealkylation sites (tertiary alicyclic amines) is 1. The molecule has 0 aliphatic carbocycles. The smallest absolute Gasteiger partial charge is 0.317 e. The van der Waals surface area contributed by atoms with Crippen molar-refractivity contribution in [1.82, 2.24) is 15.1 Å². The van der Waals surface area contributed by atoms with Crippen molar-refractivity contribution in [2.24, 2.45) is 0 Å². The fraction of sp³-hybridized carbons (Fsp3) is 0.529. The number of hydrogen-bond acceptors (Lipinski definition) is 3. The topological polar surface area (TPSA) is 72.9 Å². The number of halogens is 2. The first-order valence-electron chi connectivity index (χ1n) is 8.25. The summed E-state index contributed by atoms with van der Waals surface area (Å²) in [5, 5.41) is 12.0. The number of carbonyl (C=O) groups is 2.